The summed E-state index contributed by atoms with van der Waals surface area (Å²) in [5.41, 5.74) is -3.78. The Labute approximate surface area is 128 Å². The van der Waals surface area contributed by atoms with Crippen molar-refractivity contribution >= 4 is 12.0 Å². The molecule has 0 spiro atoms. The lowest BCUT2D eigenvalue weighted by molar-refractivity contribution is -0.294. The molecule has 0 bridgehead atoms. The van der Waals surface area contributed by atoms with Crippen molar-refractivity contribution in [2.24, 2.45) is 5.92 Å². The molecule has 0 saturated carbocycles. The summed E-state index contributed by atoms with van der Waals surface area (Å²) in [5.74, 6) is -3.23. The maximum Gasteiger partial charge on any atom is 0.437 e. The Bertz CT molecular complexity index is 615. The number of hydrogen-bond acceptors (Lipinski definition) is 5. The first-order valence-electron chi connectivity index (χ1n) is 6.71. The van der Waals surface area contributed by atoms with E-state index < -0.39 is 35.9 Å². The van der Waals surface area contributed by atoms with Crippen molar-refractivity contribution in [2.75, 3.05) is 6.61 Å². The fourth-order valence-corrected chi connectivity index (χ4v) is 2.39. The van der Waals surface area contributed by atoms with Gasteiger partial charge < -0.3 is 24.9 Å². The summed E-state index contributed by atoms with van der Waals surface area (Å²) in [6, 6.07) is -0.0555. The second kappa shape index (κ2) is 5.76. The predicted octanol–water partition coefficient (Wildman–Crippen LogP) is 1.37. The van der Waals surface area contributed by atoms with Gasteiger partial charge >= 0.3 is 18.2 Å². The van der Waals surface area contributed by atoms with Crippen LogP contribution in [-0.2, 0) is 9.53 Å². The number of alkyl halides is 3. The van der Waals surface area contributed by atoms with Gasteiger partial charge in [0.05, 0.1) is 6.61 Å². The summed E-state index contributed by atoms with van der Waals surface area (Å²) >= 11 is 0. The molecular formula is C13H15F3N2O5. The SMILES string of the molecule is CCOC(=O)[C@@H]1[C@H](c2ccc(C)o2)NC(=O)N[C@@]1(O)C(F)(F)F. The summed E-state index contributed by atoms with van der Waals surface area (Å²) in [5, 5.41) is 13.6. The average molecular weight is 336 g/mol. The smallest absolute Gasteiger partial charge is 0.437 e. The molecule has 1 aromatic heterocycles. The number of rotatable bonds is 3. The maximum absolute atomic E-state index is 13.3. The number of carbonyl (C=O) groups is 2. The van der Waals surface area contributed by atoms with Gasteiger partial charge in [0.25, 0.3) is 5.72 Å². The minimum absolute atomic E-state index is 0.0990. The number of esters is 1. The van der Waals surface area contributed by atoms with Crippen LogP contribution in [0, 0.1) is 12.8 Å². The number of ether oxygens (including phenoxy) is 1. The van der Waals surface area contributed by atoms with Crippen molar-refractivity contribution < 1.29 is 37.0 Å². The Morgan fingerprint density at radius 1 is 1.48 bits per heavy atom. The third-order valence-corrected chi connectivity index (χ3v) is 3.41. The van der Waals surface area contributed by atoms with Gasteiger partial charge in [-0.05, 0) is 26.0 Å². The molecule has 2 heterocycles. The first-order valence-corrected chi connectivity index (χ1v) is 6.71. The minimum atomic E-state index is -5.30. The van der Waals surface area contributed by atoms with Crippen LogP contribution in [0.5, 0.6) is 0 Å². The molecule has 3 atom stereocenters. The largest absolute Gasteiger partial charge is 0.466 e. The van der Waals surface area contributed by atoms with Crippen molar-refractivity contribution in [2.45, 2.75) is 31.8 Å². The van der Waals surface area contributed by atoms with E-state index in [4.69, 9.17) is 4.42 Å². The summed E-state index contributed by atoms with van der Waals surface area (Å²) in [6.45, 7) is 2.76. The Morgan fingerprint density at radius 3 is 2.61 bits per heavy atom. The van der Waals surface area contributed by atoms with E-state index >= 15 is 0 Å². The number of nitrogens with one attached hydrogen (secondary N) is 2. The van der Waals surface area contributed by atoms with Crippen LogP contribution in [-0.4, -0.2) is 35.6 Å². The summed E-state index contributed by atoms with van der Waals surface area (Å²) in [4.78, 5) is 23.6. The molecule has 128 valence electrons. The van der Waals surface area contributed by atoms with Gasteiger partial charge in [-0.2, -0.15) is 13.2 Å². The quantitative estimate of drug-likeness (QED) is 0.724. The number of halogens is 3. The van der Waals surface area contributed by atoms with Crippen LogP contribution in [0.15, 0.2) is 16.5 Å². The first-order chi connectivity index (χ1) is 10.6. The molecule has 1 saturated heterocycles. The molecule has 2 rings (SSSR count). The van der Waals surface area contributed by atoms with Crippen molar-refractivity contribution in [3.8, 4) is 0 Å². The zero-order valence-corrected chi connectivity index (χ0v) is 12.2. The fraction of sp³-hybridized carbons (Fsp3) is 0.538. The lowest BCUT2D eigenvalue weighted by atomic mass is 9.84. The van der Waals surface area contributed by atoms with Crippen LogP contribution >= 0.6 is 0 Å². The number of hydrogen-bond donors (Lipinski definition) is 3. The van der Waals surface area contributed by atoms with E-state index in [2.05, 4.69) is 10.1 Å². The number of aryl methyl sites for hydroxylation is 1. The summed E-state index contributed by atoms with van der Waals surface area (Å²) in [7, 11) is 0. The third kappa shape index (κ3) is 2.98. The highest BCUT2D eigenvalue weighted by atomic mass is 19.4. The fourth-order valence-electron chi connectivity index (χ4n) is 2.39. The van der Waals surface area contributed by atoms with Crippen molar-refractivity contribution in [3.63, 3.8) is 0 Å². The molecule has 1 fully saturated rings. The minimum Gasteiger partial charge on any atom is -0.466 e. The summed E-state index contributed by atoms with van der Waals surface area (Å²) < 4.78 is 49.8. The Balaban J connectivity index is 2.53. The zero-order chi connectivity index (χ0) is 17.4. The Morgan fingerprint density at radius 2 is 2.13 bits per heavy atom. The van der Waals surface area contributed by atoms with E-state index in [9.17, 15) is 27.9 Å². The van der Waals surface area contributed by atoms with Crippen LogP contribution in [0.2, 0.25) is 0 Å². The Kier molecular flexibility index (Phi) is 4.29. The monoisotopic (exact) mass is 336 g/mol. The number of carbonyl (C=O) groups excluding carboxylic acids is 2. The molecule has 1 aliphatic rings. The van der Waals surface area contributed by atoms with Gasteiger partial charge in [0.1, 0.15) is 23.5 Å². The average Bonchev–Trinajstić information content (AvgIpc) is 2.83. The third-order valence-electron chi connectivity index (χ3n) is 3.41. The molecule has 0 aliphatic carbocycles. The highest BCUT2D eigenvalue weighted by Gasteiger charge is 2.67. The van der Waals surface area contributed by atoms with E-state index in [0.717, 1.165) is 0 Å². The maximum atomic E-state index is 13.3. The molecule has 1 aliphatic heterocycles. The molecule has 3 N–H and O–H groups in total. The molecule has 0 aromatic carbocycles. The predicted molar refractivity (Wildman–Crippen MR) is 69.0 cm³/mol. The van der Waals surface area contributed by atoms with Crippen LogP contribution in [0.25, 0.3) is 0 Å². The number of urea groups is 1. The molecule has 1 aromatic rings. The van der Waals surface area contributed by atoms with Gasteiger partial charge in [-0.1, -0.05) is 0 Å². The van der Waals surface area contributed by atoms with Crippen molar-refractivity contribution in [3.05, 3.63) is 23.7 Å². The lowest BCUT2D eigenvalue weighted by Crippen LogP contribution is -2.73. The highest BCUT2D eigenvalue weighted by molar-refractivity contribution is 5.83. The Hall–Kier alpha value is -2.23. The molecule has 23 heavy (non-hydrogen) atoms. The van der Waals surface area contributed by atoms with Gasteiger partial charge in [0.15, 0.2) is 0 Å². The van der Waals surface area contributed by atoms with E-state index in [1.54, 1.807) is 6.92 Å². The lowest BCUT2D eigenvalue weighted by Gasteiger charge is -2.43. The van der Waals surface area contributed by atoms with Crippen molar-refractivity contribution in [1.82, 2.24) is 10.6 Å². The van der Waals surface area contributed by atoms with Crippen LogP contribution < -0.4 is 10.6 Å². The molecule has 2 amide bonds. The first kappa shape index (κ1) is 17.1. The van der Waals surface area contributed by atoms with Crippen LogP contribution in [0.4, 0.5) is 18.0 Å². The number of aliphatic hydroxyl groups is 1. The standard InChI is InChI=1S/C13H15F3N2O5/c1-3-22-10(19)8-9(7-5-4-6(2)23-7)17-11(20)18-12(8,21)13(14,15)16/h4-5,8-9,21H,3H2,1-2H3,(H2,17,18,20)/t8-,9-,12-/m0/s1. The molecule has 10 heteroatoms. The zero-order valence-electron chi connectivity index (χ0n) is 12.2. The summed E-state index contributed by atoms with van der Waals surface area (Å²) in [6.07, 6.45) is -5.30. The van der Waals surface area contributed by atoms with E-state index in [1.165, 1.54) is 24.4 Å². The van der Waals surface area contributed by atoms with Crippen LogP contribution in [0.3, 0.4) is 0 Å². The van der Waals surface area contributed by atoms with E-state index in [1.807, 2.05) is 0 Å². The van der Waals surface area contributed by atoms with Gasteiger partial charge in [-0.25, -0.2) is 4.79 Å². The van der Waals surface area contributed by atoms with E-state index in [0.29, 0.717) is 5.76 Å². The number of amides is 2. The van der Waals surface area contributed by atoms with Crippen molar-refractivity contribution in [1.29, 1.82) is 0 Å². The number of furan rings is 1. The van der Waals surface area contributed by atoms with E-state index in [-0.39, 0.29) is 12.4 Å². The molecular weight excluding hydrogens is 321 g/mol. The highest BCUT2D eigenvalue weighted by Crippen LogP contribution is 2.43. The second-order valence-electron chi connectivity index (χ2n) is 5.02. The molecule has 0 unspecified atom stereocenters. The van der Waals surface area contributed by atoms with Gasteiger partial charge in [-0.15, -0.1) is 0 Å². The van der Waals surface area contributed by atoms with Gasteiger partial charge in [-0.3, -0.25) is 4.79 Å². The molecule has 7 nitrogen and oxygen atoms in total. The van der Waals surface area contributed by atoms with Gasteiger partial charge in [0, 0.05) is 0 Å². The van der Waals surface area contributed by atoms with Gasteiger partial charge in [0.2, 0.25) is 0 Å². The normalized spacial score (nSPS) is 28.0. The second-order valence-corrected chi connectivity index (χ2v) is 5.02. The van der Waals surface area contributed by atoms with Crippen LogP contribution in [0.1, 0.15) is 24.5 Å². The molecule has 0 radical (unpaired) electrons. The topological polar surface area (TPSA) is 101 Å².